The van der Waals surface area contributed by atoms with Crippen LogP contribution in [0.2, 0.25) is 0 Å². The van der Waals surface area contributed by atoms with Crippen LogP contribution in [0.25, 0.3) is 6.08 Å². The summed E-state index contributed by atoms with van der Waals surface area (Å²) in [6, 6.07) is 5.64. The Morgan fingerprint density at radius 3 is 2.19 bits per heavy atom. The van der Waals surface area contributed by atoms with Crippen molar-refractivity contribution in [1.29, 1.82) is 0 Å². The van der Waals surface area contributed by atoms with Gasteiger partial charge in [-0.25, -0.2) is 4.79 Å². The Labute approximate surface area is 188 Å². The summed E-state index contributed by atoms with van der Waals surface area (Å²) < 4.78 is 0. The van der Waals surface area contributed by atoms with Crippen molar-refractivity contribution in [2.45, 2.75) is 58.9 Å². The molecule has 1 aromatic carbocycles. The van der Waals surface area contributed by atoms with Crippen LogP contribution in [0.1, 0.15) is 68.8 Å². The van der Waals surface area contributed by atoms with Crippen LogP contribution in [0.5, 0.6) is 0 Å². The molecule has 174 valence electrons. The molecular formula is C24H32N2O6. The number of carbonyl (C=O) groups excluding carboxylic acids is 4. The van der Waals surface area contributed by atoms with E-state index in [9.17, 15) is 24.0 Å². The van der Waals surface area contributed by atoms with Crippen LogP contribution in [0, 0.1) is 11.8 Å². The highest BCUT2D eigenvalue weighted by Gasteiger charge is 2.26. The van der Waals surface area contributed by atoms with Gasteiger partial charge in [-0.1, -0.05) is 45.0 Å². The molecule has 0 fully saturated rings. The molecule has 0 saturated heterocycles. The fraction of sp³-hybridized carbons (Fsp3) is 0.458. The van der Waals surface area contributed by atoms with E-state index in [1.807, 2.05) is 13.8 Å². The summed E-state index contributed by atoms with van der Waals surface area (Å²) in [5.41, 5.74) is 6.45. The second kappa shape index (κ2) is 13.2. The third-order valence-electron chi connectivity index (χ3n) is 4.97. The summed E-state index contributed by atoms with van der Waals surface area (Å²) in [6.45, 7) is 5.64. The van der Waals surface area contributed by atoms with Gasteiger partial charge in [0.2, 0.25) is 11.8 Å². The third kappa shape index (κ3) is 9.68. The number of amides is 2. The molecule has 8 heteroatoms. The fourth-order valence-electron chi connectivity index (χ4n) is 3.25. The Morgan fingerprint density at radius 1 is 1.06 bits per heavy atom. The van der Waals surface area contributed by atoms with Gasteiger partial charge in [-0.05, 0) is 30.4 Å². The number of hydrogen-bond acceptors (Lipinski definition) is 5. The highest BCUT2D eigenvalue weighted by molar-refractivity contribution is 5.99. The molecule has 1 rings (SSSR count). The number of carboxylic acids is 1. The van der Waals surface area contributed by atoms with Crippen molar-refractivity contribution in [3.63, 3.8) is 0 Å². The van der Waals surface area contributed by atoms with E-state index in [0.717, 1.165) is 6.08 Å². The maximum Gasteiger partial charge on any atom is 0.328 e. The summed E-state index contributed by atoms with van der Waals surface area (Å²) in [6.07, 6.45) is 3.17. The van der Waals surface area contributed by atoms with Crippen molar-refractivity contribution in [2.24, 2.45) is 17.6 Å². The molecule has 0 aliphatic heterocycles. The molecule has 0 aromatic heterocycles. The Kier molecular flexibility index (Phi) is 11.0. The van der Waals surface area contributed by atoms with Crippen LogP contribution in [-0.4, -0.2) is 40.5 Å². The van der Waals surface area contributed by atoms with Crippen molar-refractivity contribution in [3.8, 4) is 0 Å². The summed E-state index contributed by atoms with van der Waals surface area (Å²) in [4.78, 5) is 59.3. The van der Waals surface area contributed by atoms with E-state index in [0.29, 0.717) is 24.0 Å². The van der Waals surface area contributed by atoms with Crippen molar-refractivity contribution < 1.29 is 29.1 Å². The number of hydrogen-bond donors (Lipinski definition) is 3. The SMILES string of the molecule is CC[C@H](NC(=O)CCC(=O)c1ccc(/C=C/C(=O)O)cc1)C(=O)CC(CC(C)C)C(N)=O. The van der Waals surface area contributed by atoms with E-state index < -0.39 is 29.7 Å². The Balaban J connectivity index is 2.60. The molecule has 1 unspecified atom stereocenters. The van der Waals surface area contributed by atoms with E-state index in [1.165, 1.54) is 6.08 Å². The number of primary amides is 1. The van der Waals surface area contributed by atoms with E-state index in [1.54, 1.807) is 31.2 Å². The number of carbonyl (C=O) groups is 5. The lowest BCUT2D eigenvalue weighted by Crippen LogP contribution is -2.42. The van der Waals surface area contributed by atoms with Crippen molar-refractivity contribution in [2.75, 3.05) is 0 Å². The highest BCUT2D eigenvalue weighted by atomic mass is 16.4. The summed E-state index contributed by atoms with van der Waals surface area (Å²) in [7, 11) is 0. The van der Waals surface area contributed by atoms with E-state index in [4.69, 9.17) is 10.8 Å². The maximum absolute atomic E-state index is 12.6. The van der Waals surface area contributed by atoms with Gasteiger partial charge in [0, 0.05) is 36.8 Å². The average Bonchev–Trinajstić information content (AvgIpc) is 2.73. The van der Waals surface area contributed by atoms with Crippen molar-refractivity contribution in [3.05, 3.63) is 41.5 Å². The zero-order chi connectivity index (χ0) is 24.3. The van der Waals surface area contributed by atoms with E-state index in [2.05, 4.69) is 5.32 Å². The molecule has 8 nitrogen and oxygen atoms in total. The smallest absolute Gasteiger partial charge is 0.328 e. The van der Waals surface area contributed by atoms with Gasteiger partial charge in [-0.3, -0.25) is 19.2 Å². The highest BCUT2D eigenvalue weighted by Crippen LogP contribution is 2.17. The van der Waals surface area contributed by atoms with E-state index in [-0.39, 0.29) is 36.7 Å². The fourth-order valence-corrected chi connectivity index (χ4v) is 3.25. The lowest BCUT2D eigenvalue weighted by molar-refractivity contribution is -0.131. The van der Waals surface area contributed by atoms with Gasteiger partial charge in [0.25, 0.3) is 0 Å². The van der Waals surface area contributed by atoms with Crippen molar-refractivity contribution in [1.82, 2.24) is 5.32 Å². The Hall–Kier alpha value is -3.29. The molecule has 1 aromatic rings. The second-order valence-electron chi connectivity index (χ2n) is 8.14. The van der Waals surface area contributed by atoms with Crippen molar-refractivity contribution >= 4 is 35.4 Å². The van der Waals surface area contributed by atoms with Gasteiger partial charge in [-0.15, -0.1) is 0 Å². The molecule has 0 aliphatic carbocycles. The minimum absolute atomic E-state index is 0.0199. The molecule has 0 bridgehead atoms. The number of ketones is 2. The van der Waals surface area contributed by atoms with Gasteiger partial charge >= 0.3 is 5.97 Å². The largest absolute Gasteiger partial charge is 0.478 e. The maximum atomic E-state index is 12.6. The van der Waals surface area contributed by atoms with Crippen LogP contribution in [-0.2, 0) is 19.2 Å². The molecule has 0 heterocycles. The van der Waals surface area contributed by atoms with Gasteiger partial charge in [0.05, 0.1) is 6.04 Å². The first-order valence-corrected chi connectivity index (χ1v) is 10.7. The summed E-state index contributed by atoms with van der Waals surface area (Å²) in [5, 5.41) is 11.3. The van der Waals surface area contributed by atoms with E-state index >= 15 is 0 Å². The first kappa shape index (κ1) is 26.7. The monoisotopic (exact) mass is 444 g/mol. The van der Waals surface area contributed by atoms with Crippen LogP contribution in [0.15, 0.2) is 30.3 Å². The van der Waals surface area contributed by atoms with Crippen LogP contribution < -0.4 is 11.1 Å². The number of nitrogens with two attached hydrogens (primary N) is 1. The number of carboxylic acid groups (broad SMARTS) is 1. The minimum Gasteiger partial charge on any atom is -0.478 e. The van der Waals surface area contributed by atoms with Gasteiger partial charge < -0.3 is 16.2 Å². The summed E-state index contributed by atoms with van der Waals surface area (Å²) in [5.74, 6) is -2.85. The molecule has 0 spiro atoms. The summed E-state index contributed by atoms with van der Waals surface area (Å²) >= 11 is 0. The number of aliphatic carboxylic acids is 1. The molecule has 0 radical (unpaired) electrons. The zero-order valence-corrected chi connectivity index (χ0v) is 18.8. The Bertz CT molecular complexity index is 858. The lowest BCUT2D eigenvalue weighted by Gasteiger charge is -2.20. The van der Waals surface area contributed by atoms with Crippen LogP contribution in [0.4, 0.5) is 0 Å². The number of nitrogens with one attached hydrogen (secondary N) is 1. The topological polar surface area (TPSA) is 144 Å². The lowest BCUT2D eigenvalue weighted by atomic mass is 9.89. The minimum atomic E-state index is -1.06. The Morgan fingerprint density at radius 2 is 1.69 bits per heavy atom. The normalized spacial score (nSPS) is 13.0. The first-order chi connectivity index (χ1) is 15.0. The zero-order valence-electron chi connectivity index (χ0n) is 18.8. The molecular weight excluding hydrogens is 412 g/mol. The standard InChI is InChI=1S/C24H32N2O6/c1-4-19(21(28)14-18(24(25)32)13-15(2)3)26-22(29)11-10-20(27)17-8-5-16(6-9-17)7-12-23(30)31/h5-9,12,15,18-19H,4,10-11,13-14H2,1-3H3,(H2,25,32)(H,26,29)(H,30,31)/b12-7+/t18?,19-/m0/s1. The average molecular weight is 445 g/mol. The molecule has 2 atom stereocenters. The molecule has 32 heavy (non-hydrogen) atoms. The quantitative estimate of drug-likeness (QED) is 0.297. The van der Waals surface area contributed by atoms with Gasteiger partial charge in [0.15, 0.2) is 11.6 Å². The third-order valence-corrected chi connectivity index (χ3v) is 4.97. The predicted octanol–water partition coefficient (Wildman–Crippen LogP) is 2.75. The van der Waals surface area contributed by atoms with Gasteiger partial charge in [-0.2, -0.15) is 0 Å². The number of benzene rings is 1. The predicted molar refractivity (Wildman–Crippen MR) is 121 cm³/mol. The molecule has 4 N–H and O–H groups in total. The number of rotatable bonds is 14. The first-order valence-electron chi connectivity index (χ1n) is 10.7. The van der Waals surface area contributed by atoms with Crippen LogP contribution >= 0.6 is 0 Å². The molecule has 0 saturated carbocycles. The van der Waals surface area contributed by atoms with Gasteiger partial charge in [0.1, 0.15) is 0 Å². The second-order valence-corrected chi connectivity index (χ2v) is 8.14. The number of Topliss-reactive ketones (excluding diaryl/α,β-unsaturated/α-hetero) is 2. The molecule has 0 aliphatic rings. The molecule has 2 amide bonds. The van der Waals surface area contributed by atoms with Crippen LogP contribution in [0.3, 0.4) is 0 Å².